The van der Waals surface area contributed by atoms with Gasteiger partial charge in [0.2, 0.25) is 11.8 Å². The van der Waals surface area contributed by atoms with Crippen molar-refractivity contribution in [1.82, 2.24) is 20.4 Å². The van der Waals surface area contributed by atoms with E-state index in [4.69, 9.17) is 9.47 Å². The topological polar surface area (TPSA) is 100 Å². The number of amides is 4. The van der Waals surface area contributed by atoms with E-state index in [2.05, 4.69) is 10.6 Å². The van der Waals surface area contributed by atoms with Gasteiger partial charge in [-0.1, -0.05) is 33.1 Å². The molecule has 1 aromatic carbocycles. The second-order valence-corrected chi connectivity index (χ2v) is 10.3. The van der Waals surface area contributed by atoms with Crippen molar-refractivity contribution in [3.63, 3.8) is 0 Å². The Bertz CT molecular complexity index is 893. The Morgan fingerprint density at radius 2 is 1.69 bits per heavy atom. The van der Waals surface area contributed by atoms with E-state index < -0.39 is 12.1 Å². The minimum atomic E-state index is -0.635. The number of carbonyl (C=O) groups is 3. The van der Waals surface area contributed by atoms with Crippen LogP contribution in [0, 0.1) is 5.92 Å². The number of hydrogen-bond acceptors (Lipinski definition) is 5. The van der Waals surface area contributed by atoms with Gasteiger partial charge in [0.05, 0.1) is 20.3 Å². The second-order valence-electron chi connectivity index (χ2n) is 10.3. The van der Waals surface area contributed by atoms with E-state index >= 15 is 0 Å². The molecule has 0 bridgehead atoms. The first-order valence-electron chi connectivity index (χ1n) is 13.1. The van der Waals surface area contributed by atoms with Crippen molar-refractivity contribution < 1.29 is 23.9 Å². The summed E-state index contributed by atoms with van der Waals surface area (Å²) in [6, 6.07) is 4.36. The highest BCUT2D eigenvalue weighted by Crippen LogP contribution is 2.29. The number of ether oxygens (including phenoxy) is 2. The summed E-state index contributed by atoms with van der Waals surface area (Å²) in [6.07, 6.45) is 5.94. The van der Waals surface area contributed by atoms with Gasteiger partial charge in [-0.2, -0.15) is 0 Å². The number of carbonyl (C=O) groups excluding carboxylic acids is 3. The van der Waals surface area contributed by atoms with E-state index in [1.54, 1.807) is 37.1 Å². The van der Waals surface area contributed by atoms with E-state index in [0.717, 1.165) is 31.2 Å². The van der Waals surface area contributed by atoms with E-state index in [1.165, 1.54) is 6.42 Å². The van der Waals surface area contributed by atoms with Crippen molar-refractivity contribution in [2.24, 2.45) is 5.92 Å². The molecule has 2 fully saturated rings. The molecule has 1 heterocycles. The number of rotatable bonds is 9. The fourth-order valence-electron chi connectivity index (χ4n) is 5.28. The quantitative estimate of drug-likeness (QED) is 0.540. The highest BCUT2D eigenvalue weighted by Gasteiger charge is 2.44. The zero-order valence-electron chi connectivity index (χ0n) is 22.3. The third-order valence-corrected chi connectivity index (χ3v) is 7.10. The number of methoxy groups -OCH3 is 2. The molecule has 0 radical (unpaired) electrons. The van der Waals surface area contributed by atoms with E-state index in [9.17, 15) is 14.4 Å². The molecule has 1 saturated carbocycles. The van der Waals surface area contributed by atoms with Crippen molar-refractivity contribution in [3.8, 4) is 11.5 Å². The van der Waals surface area contributed by atoms with Crippen LogP contribution < -0.4 is 20.1 Å². The van der Waals surface area contributed by atoms with Gasteiger partial charge in [0.25, 0.3) is 0 Å². The Hall–Kier alpha value is -2.97. The molecule has 3 rings (SSSR count). The Morgan fingerprint density at radius 1 is 1.06 bits per heavy atom. The average Bonchev–Trinajstić information content (AvgIpc) is 2.86. The number of urea groups is 1. The Labute approximate surface area is 214 Å². The van der Waals surface area contributed by atoms with Crippen LogP contribution in [0.3, 0.4) is 0 Å². The number of nitrogens with zero attached hydrogens (tertiary/aromatic N) is 2. The normalized spacial score (nSPS) is 20.9. The maximum atomic E-state index is 13.8. The standard InChI is InChI=1S/C27H42N4O5/c1-18(2)11-24-26(33)30(16-19-12-22(35-4)15-23(13-19)36-5)17-21(14-25(32)28-3)31(24)27(34)29-20-9-7-6-8-10-20/h12-13,15,18,20-21,24H,6-11,14,16-17H2,1-5H3,(H,28,32)(H,29,34)/t21?,24-/m0/s1. The molecule has 9 nitrogen and oxygen atoms in total. The summed E-state index contributed by atoms with van der Waals surface area (Å²) in [5.41, 5.74) is 0.863. The summed E-state index contributed by atoms with van der Waals surface area (Å²) in [6.45, 7) is 4.70. The van der Waals surface area contributed by atoms with Crippen molar-refractivity contribution in [2.75, 3.05) is 27.8 Å². The summed E-state index contributed by atoms with van der Waals surface area (Å²) < 4.78 is 10.8. The lowest BCUT2D eigenvalue weighted by atomic mass is 9.93. The molecule has 200 valence electrons. The van der Waals surface area contributed by atoms with Gasteiger partial charge in [0.1, 0.15) is 17.5 Å². The molecule has 36 heavy (non-hydrogen) atoms. The Kier molecular flexibility index (Phi) is 9.84. The molecule has 9 heteroatoms. The van der Waals surface area contributed by atoms with Crippen molar-refractivity contribution in [3.05, 3.63) is 23.8 Å². The largest absolute Gasteiger partial charge is 0.497 e. The van der Waals surface area contributed by atoms with Gasteiger partial charge in [-0.3, -0.25) is 9.59 Å². The maximum absolute atomic E-state index is 13.8. The third-order valence-electron chi connectivity index (χ3n) is 7.10. The van der Waals surface area contributed by atoms with Crippen LogP contribution in [0.5, 0.6) is 11.5 Å². The summed E-state index contributed by atoms with van der Waals surface area (Å²) in [5, 5.41) is 5.86. The highest BCUT2D eigenvalue weighted by atomic mass is 16.5. The van der Waals surface area contributed by atoms with Crippen LogP contribution in [0.4, 0.5) is 4.79 Å². The van der Waals surface area contributed by atoms with Gasteiger partial charge >= 0.3 is 6.03 Å². The molecule has 1 saturated heterocycles. The first-order chi connectivity index (χ1) is 17.2. The molecular weight excluding hydrogens is 460 g/mol. The minimum Gasteiger partial charge on any atom is -0.497 e. The van der Waals surface area contributed by atoms with Gasteiger partial charge in [-0.05, 0) is 42.9 Å². The van der Waals surface area contributed by atoms with Gasteiger partial charge in [0, 0.05) is 38.7 Å². The summed E-state index contributed by atoms with van der Waals surface area (Å²) >= 11 is 0. The summed E-state index contributed by atoms with van der Waals surface area (Å²) in [4.78, 5) is 43.3. The van der Waals surface area contributed by atoms with Crippen molar-refractivity contribution >= 4 is 17.8 Å². The number of nitrogens with one attached hydrogen (secondary N) is 2. The van der Waals surface area contributed by atoms with Crippen LogP contribution in [0.15, 0.2) is 18.2 Å². The first kappa shape index (κ1) is 27.6. The molecule has 2 N–H and O–H groups in total. The molecule has 1 unspecified atom stereocenters. The second kappa shape index (κ2) is 12.8. The van der Waals surface area contributed by atoms with Crippen LogP contribution in [-0.2, 0) is 16.1 Å². The van der Waals surface area contributed by atoms with E-state index in [0.29, 0.717) is 24.5 Å². The highest BCUT2D eigenvalue weighted by molar-refractivity contribution is 5.89. The number of benzene rings is 1. The molecule has 0 spiro atoms. The van der Waals surface area contributed by atoms with Crippen molar-refractivity contribution in [2.45, 2.75) is 83.5 Å². The smallest absolute Gasteiger partial charge is 0.318 e. The predicted octanol–water partition coefficient (Wildman–Crippen LogP) is 3.31. The summed E-state index contributed by atoms with van der Waals surface area (Å²) in [5.74, 6) is 1.22. The molecule has 1 aliphatic heterocycles. The SMILES string of the molecule is CNC(=O)CC1CN(Cc2cc(OC)cc(OC)c2)C(=O)[C@H](CC(C)C)N1C(=O)NC1CCCCC1. The van der Waals surface area contributed by atoms with E-state index in [1.807, 2.05) is 26.0 Å². The number of hydrogen-bond donors (Lipinski definition) is 2. The van der Waals surface area contributed by atoms with Crippen LogP contribution in [0.2, 0.25) is 0 Å². The van der Waals surface area contributed by atoms with Gasteiger partial charge in [0.15, 0.2) is 0 Å². The zero-order valence-corrected chi connectivity index (χ0v) is 22.3. The maximum Gasteiger partial charge on any atom is 0.318 e. The monoisotopic (exact) mass is 502 g/mol. The lowest BCUT2D eigenvalue weighted by Crippen LogP contribution is -2.66. The van der Waals surface area contributed by atoms with Crippen LogP contribution in [0.1, 0.15) is 64.4 Å². The molecule has 2 aliphatic rings. The molecule has 4 amide bonds. The predicted molar refractivity (Wildman–Crippen MR) is 138 cm³/mol. The lowest BCUT2D eigenvalue weighted by Gasteiger charge is -2.47. The van der Waals surface area contributed by atoms with Crippen LogP contribution in [-0.4, -0.2) is 73.6 Å². The Balaban J connectivity index is 1.90. The van der Waals surface area contributed by atoms with Crippen molar-refractivity contribution in [1.29, 1.82) is 0 Å². The molecular formula is C27H42N4O5. The lowest BCUT2D eigenvalue weighted by molar-refractivity contribution is -0.145. The Morgan fingerprint density at radius 3 is 2.25 bits per heavy atom. The summed E-state index contributed by atoms with van der Waals surface area (Å²) in [7, 11) is 4.77. The third kappa shape index (κ3) is 7.04. The van der Waals surface area contributed by atoms with Gasteiger partial charge < -0.3 is 29.9 Å². The molecule has 0 aromatic heterocycles. The fourth-order valence-corrected chi connectivity index (χ4v) is 5.28. The van der Waals surface area contributed by atoms with E-state index in [-0.39, 0.29) is 42.8 Å². The molecule has 1 aliphatic carbocycles. The zero-order chi connectivity index (χ0) is 26.2. The van der Waals surface area contributed by atoms with Crippen LogP contribution >= 0.6 is 0 Å². The van der Waals surface area contributed by atoms with Gasteiger partial charge in [-0.15, -0.1) is 0 Å². The van der Waals surface area contributed by atoms with Crippen LogP contribution in [0.25, 0.3) is 0 Å². The van der Waals surface area contributed by atoms with Gasteiger partial charge in [-0.25, -0.2) is 4.79 Å². The fraction of sp³-hybridized carbons (Fsp3) is 0.667. The molecule has 1 aromatic rings. The first-order valence-corrected chi connectivity index (χ1v) is 13.1. The minimum absolute atomic E-state index is 0.0996. The number of piperazine rings is 1. The molecule has 2 atom stereocenters. The average molecular weight is 503 g/mol.